The van der Waals surface area contributed by atoms with Crippen molar-refractivity contribution in [1.29, 1.82) is 5.26 Å². The van der Waals surface area contributed by atoms with E-state index >= 15 is 0 Å². The first-order valence-electron chi connectivity index (χ1n) is 7.24. The number of benzene rings is 1. The van der Waals surface area contributed by atoms with Crippen LogP contribution in [-0.2, 0) is 0 Å². The van der Waals surface area contributed by atoms with E-state index in [4.69, 9.17) is 0 Å². The minimum absolute atomic E-state index is 0.386. The zero-order valence-corrected chi connectivity index (χ0v) is 11.7. The number of fused-ring (bicyclic) bond motifs is 2. The molecule has 2 saturated carbocycles. The zero-order valence-electron chi connectivity index (χ0n) is 11.7. The molecule has 0 saturated heterocycles. The first kappa shape index (κ1) is 12.7. The van der Waals surface area contributed by atoms with Crippen molar-refractivity contribution in [3.05, 3.63) is 34.9 Å². The first-order valence-corrected chi connectivity index (χ1v) is 7.24. The van der Waals surface area contributed by atoms with Crippen LogP contribution in [0.1, 0.15) is 48.5 Å². The van der Waals surface area contributed by atoms with Crippen molar-refractivity contribution in [3.63, 3.8) is 0 Å². The summed E-state index contributed by atoms with van der Waals surface area (Å²) in [4.78, 5) is 0. The van der Waals surface area contributed by atoms with E-state index in [-0.39, 0.29) is 0 Å². The summed E-state index contributed by atoms with van der Waals surface area (Å²) in [6.45, 7) is 4.11. The van der Waals surface area contributed by atoms with Crippen LogP contribution in [0.2, 0.25) is 0 Å². The molecular weight excluding hydrogens is 234 g/mol. The number of rotatable bonds is 2. The standard InChI is InChI=1S/C17H21NO/c1-11-4-3-5-15(12(11)2)16(19)17(10-18)9-13-6-7-14(17)8-13/h3-5,13-14,16,19H,6-9H2,1-2H3. The van der Waals surface area contributed by atoms with Crippen molar-refractivity contribution in [2.45, 2.75) is 45.6 Å². The lowest BCUT2D eigenvalue weighted by molar-refractivity contribution is 0.0228. The Kier molecular flexibility index (Phi) is 2.91. The van der Waals surface area contributed by atoms with E-state index in [9.17, 15) is 10.4 Å². The molecular formula is C17H21NO. The lowest BCUT2D eigenvalue weighted by Gasteiger charge is -2.36. The van der Waals surface area contributed by atoms with Crippen LogP contribution in [0.25, 0.3) is 0 Å². The first-order chi connectivity index (χ1) is 9.08. The molecule has 2 aliphatic rings. The Hall–Kier alpha value is -1.33. The summed E-state index contributed by atoms with van der Waals surface area (Å²) < 4.78 is 0. The zero-order chi connectivity index (χ0) is 13.6. The van der Waals surface area contributed by atoms with Crippen LogP contribution in [-0.4, -0.2) is 5.11 Å². The fourth-order valence-corrected chi connectivity index (χ4v) is 4.25. The van der Waals surface area contributed by atoms with Gasteiger partial charge in [-0.05, 0) is 61.6 Å². The molecule has 1 N–H and O–H groups in total. The highest BCUT2D eigenvalue weighted by Gasteiger charge is 2.55. The van der Waals surface area contributed by atoms with E-state index in [1.165, 1.54) is 12.0 Å². The van der Waals surface area contributed by atoms with Gasteiger partial charge in [-0.25, -0.2) is 0 Å². The highest BCUT2D eigenvalue weighted by Crippen LogP contribution is 2.60. The van der Waals surface area contributed by atoms with Gasteiger partial charge in [0, 0.05) is 0 Å². The van der Waals surface area contributed by atoms with Crippen molar-refractivity contribution in [1.82, 2.24) is 0 Å². The Morgan fingerprint density at radius 2 is 2.16 bits per heavy atom. The van der Waals surface area contributed by atoms with Gasteiger partial charge in [-0.15, -0.1) is 0 Å². The lowest BCUT2D eigenvalue weighted by atomic mass is 9.68. The largest absolute Gasteiger partial charge is 0.387 e. The van der Waals surface area contributed by atoms with E-state index < -0.39 is 11.5 Å². The van der Waals surface area contributed by atoms with Gasteiger partial charge in [0.1, 0.15) is 0 Å². The van der Waals surface area contributed by atoms with Crippen LogP contribution >= 0.6 is 0 Å². The van der Waals surface area contributed by atoms with E-state index in [0.717, 1.165) is 30.4 Å². The normalized spacial score (nSPS) is 34.2. The summed E-state index contributed by atoms with van der Waals surface area (Å²) in [7, 11) is 0. The van der Waals surface area contributed by atoms with Crippen molar-refractivity contribution in [3.8, 4) is 6.07 Å². The van der Waals surface area contributed by atoms with Gasteiger partial charge in [-0.3, -0.25) is 0 Å². The molecule has 2 nitrogen and oxygen atoms in total. The maximum Gasteiger partial charge on any atom is 0.0981 e. The molecule has 0 heterocycles. The third-order valence-electron chi connectivity index (χ3n) is 5.53. The molecule has 4 atom stereocenters. The fourth-order valence-electron chi connectivity index (χ4n) is 4.25. The molecule has 0 spiro atoms. The molecule has 0 aliphatic heterocycles. The maximum atomic E-state index is 10.9. The maximum absolute atomic E-state index is 10.9. The second-order valence-electron chi connectivity index (χ2n) is 6.42. The predicted octanol–water partition coefficient (Wildman–Crippen LogP) is 3.67. The van der Waals surface area contributed by atoms with Gasteiger partial charge in [-0.2, -0.15) is 5.26 Å². The summed E-state index contributed by atoms with van der Waals surface area (Å²) >= 11 is 0. The third kappa shape index (κ3) is 1.72. The Balaban J connectivity index is 2.01. The van der Waals surface area contributed by atoms with Crippen LogP contribution in [0.5, 0.6) is 0 Å². The Bertz CT molecular complexity index is 545. The quantitative estimate of drug-likeness (QED) is 0.876. The molecule has 0 radical (unpaired) electrons. The average molecular weight is 255 g/mol. The smallest absolute Gasteiger partial charge is 0.0981 e. The predicted molar refractivity (Wildman–Crippen MR) is 74.4 cm³/mol. The van der Waals surface area contributed by atoms with Gasteiger partial charge < -0.3 is 5.11 Å². The number of aryl methyl sites for hydroxylation is 1. The van der Waals surface area contributed by atoms with Crippen LogP contribution in [0.3, 0.4) is 0 Å². The minimum Gasteiger partial charge on any atom is -0.387 e. The molecule has 100 valence electrons. The molecule has 19 heavy (non-hydrogen) atoms. The summed E-state index contributed by atoms with van der Waals surface area (Å²) in [6, 6.07) is 8.53. The molecule has 2 aliphatic carbocycles. The molecule has 3 rings (SSSR count). The molecule has 0 aromatic heterocycles. The SMILES string of the molecule is Cc1cccc(C(O)C2(C#N)CC3CCC2C3)c1C. The Morgan fingerprint density at radius 3 is 2.74 bits per heavy atom. The number of nitrogens with zero attached hydrogens (tertiary/aromatic N) is 1. The van der Waals surface area contributed by atoms with Crippen molar-refractivity contribution in [2.24, 2.45) is 17.3 Å². The van der Waals surface area contributed by atoms with Crippen LogP contribution < -0.4 is 0 Å². The van der Waals surface area contributed by atoms with Gasteiger partial charge in [0.25, 0.3) is 0 Å². The van der Waals surface area contributed by atoms with E-state index in [1.807, 2.05) is 19.1 Å². The summed E-state index contributed by atoms with van der Waals surface area (Å²) in [5.41, 5.74) is 2.73. The molecule has 2 fully saturated rings. The highest BCUT2D eigenvalue weighted by molar-refractivity contribution is 5.37. The molecule has 4 unspecified atom stereocenters. The molecule has 2 bridgehead atoms. The second kappa shape index (κ2) is 4.35. The van der Waals surface area contributed by atoms with E-state index in [1.54, 1.807) is 0 Å². The van der Waals surface area contributed by atoms with Crippen molar-refractivity contribution >= 4 is 0 Å². The number of aliphatic hydroxyl groups is 1. The van der Waals surface area contributed by atoms with Gasteiger partial charge in [-0.1, -0.05) is 24.6 Å². The van der Waals surface area contributed by atoms with Gasteiger partial charge >= 0.3 is 0 Å². The topological polar surface area (TPSA) is 44.0 Å². The molecule has 0 amide bonds. The summed E-state index contributed by atoms with van der Waals surface area (Å²) in [5, 5.41) is 20.6. The number of hydrogen-bond donors (Lipinski definition) is 1. The summed E-state index contributed by atoms with van der Waals surface area (Å²) in [5.74, 6) is 1.04. The van der Waals surface area contributed by atoms with E-state index in [0.29, 0.717) is 11.8 Å². The number of aliphatic hydroxyl groups excluding tert-OH is 1. The van der Waals surface area contributed by atoms with Crippen LogP contribution in [0.4, 0.5) is 0 Å². The molecule has 1 aromatic rings. The third-order valence-corrected chi connectivity index (χ3v) is 5.53. The number of hydrogen-bond acceptors (Lipinski definition) is 2. The Morgan fingerprint density at radius 1 is 1.37 bits per heavy atom. The van der Waals surface area contributed by atoms with Gasteiger partial charge in [0.2, 0.25) is 0 Å². The monoisotopic (exact) mass is 255 g/mol. The molecule has 1 aromatic carbocycles. The van der Waals surface area contributed by atoms with E-state index in [2.05, 4.69) is 19.1 Å². The van der Waals surface area contributed by atoms with Crippen LogP contribution in [0.15, 0.2) is 18.2 Å². The second-order valence-corrected chi connectivity index (χ2v) is 6.42. The lowest BCUT2D eigenvalue weighted by Crippen LogP contribution is -2.33. The summed E-state index contributed by atoms with van der Waals surface area (Å²) in [6.07, 6.45) is 3.74. The van der Waals surface area contributed by atoms with Crippen LogP contribution in [0, 0.1) is 42.4 Å². The van der Waals surface area contributed by atoms with Gasteiger partial charge in [0.05, 0.1) is 17.6 Å². The Labute approximate surface area is 115 Å². The van der Waals surface area contributed by atoms with Gasteiger partial charge in [0.15, 0.2) is 0 Å². The fraction of sp³-hybridized carbons (Fsp3) is 0.588. The number of nitriles is 1. The van der Waals surface area contributed by atoms with Crippen molar-refractivity contribution in [2.75, 3.05) is 0 Å². The highest BCUT2D eigenvalue weighted by atomic mass is 16.3. The minimum atomic E-state index is -0.632. The average Bonchev–Trinajstić information content (AvgIpc) is 3.02. The molecule has 2 heteroatoms. The van der Waals surface area contributed by atoms with Crippen molar-refractivity contribution < 1.29 is 5.11 Å².